The minimum Gasteiger partial charge on any atom is -0.480 e. The molecule has 1 aliphatic rings. The number of carboxylic acids is 1. The highest BCUT2D eigenvalue weighted by atomic mass is 16.4. The van der Waals surface area contributed by atoms with Gasteiger partial charge in [-0.1, -0.05) is 6.92 Å². The standard InChI is InChI=1S/C13H26N2O2/c1-5-12(13(16)17)14(4)11-6-8-15(9-7-11)10(2)3/h10-12H,5-9H2,1-4H3,(H,16,17). The van der Waals surface area contributed by atoms with Gasteiger partial charge in [0.1, 0.15) is 6.04 Å². The molecule has 4 heteroatoms. The summed E-state index contributed by atoms with van der Waals surface area (Å²) in [5.74, 6) is -0.693. The topological polar surface area (TPSA) is 43.8 Å². The van der Waals surface area contributed by atoms with Crippen LogP contribution in [0, 0.1) is 0 Å². The van der Waals surface area contributed by atoms with Crippen molar-refractivity contribution in [1.82, 2.24) is 9.80 Å². The zero-order valence-corrected chi connectivity index (χ0v) is 11.5. The predicted octanol–water partition coefficient (Wildman–Crippen LogP) is 1.65. The van der Waals surface area contributed by atoms with Crippen molar-refractivity contribution in [3.63, 3.8) is 0 Å². The Kier molecular flexibility index (Phi) is 5.40. The van der Waals surface area contributed by atoms with Crippen LogP contribution in [0.15, 0.2) is 0 Å². The number of piperidine rings is 1. The molecule has 0 radical (unpaired) electrons. The normalized spacial score (nSPS) is 21.1. The molecule has 0 aliphatic carbocycles. The molecule has 0 aromatic heterocycles. The summed E-state index contributed by atoms with van der Waals surface area (Å²) in [5.41, 5.74) is 0. The number of hydrogen-bond donors (Lipinski definition) is 1. The molecule has 1 rings (SSSR count). The fraction of sp³-hybridized carbons (Fsp3) is 0.923. The van der Waals surface area contributed by atoms with Crippen molar-refractivity contribution in [2.24, 2.45) is 0 Å². The molecule has 0 bridgehead atoms. The van der Waals surface area contributed by atoms with Gasteiger partial charge in [0.25, 0.3) is 0 Å². The van der Waals surface area contributed by atoms with Crippen LogP contribution in [0.4, 0.5) is 0 Å². The van der Waals surface area contributed by atoms with Gasteiger partial charge in [0.15, 0.2) is 0 Å². The van der Waals surface area contributed by atoms with Gasteiger partial charge < -0.3 is 10.0 Å². The van der Waals surface area contributed by atoms with Crippen molar-refractivity contribution in [2.75, 3.05) is 20.1 Å². The molecule has 1 aliphatic heterocycles. The van der Waals surface area contributed by atoms with E-state index in [-0.39, 0.29) is 6.04 Å². The molecule has 1 fully saturated rings. The highest BCUT2D eigenvalue weighted by molar-refractivity contribution is 5.73. The quantitative estimate of drug-likeness (QED) is 0.796. The van der Waals surface area contributed by atoms with Gasteiger partial charge in [-0.05, 0) is 53.2 Å². The second-order valence-corrected chi connectivity index (χ2v) is 5.29. The number of carbonyl (C=O) groups is 1. The molecule has 1 heterocycles. The van der Waals surface area contributed by atoms with Crippen molar-refractivity contribution in [3.8, 4) is 0 Å². The van der Waals surface area contributed by atoms with Crippen molar-refractivity contribution < 1.29 is 9.90 Å². The lowest BCUT2D eigenvalue weighted by Crippen LogP contribution is -2.50. The molecular formula is C13H26N2O2. The Labute approximate surface area is 105 Å². The lowest BCUT2D eigenvalue weighted by Gasteiger charge is -2.40. The molecule has 1 N–H and O–H groups in total. The summed E-state index contributed by atoms with van der Waals surface area (Å²) >= 11 is 0. The van der Waals surface area contributed by atoms with E-state index in [1.54, 1.807) is 0 Å². The van der Waals surface area contributed by atoms with Crippen LogP contribution in [0.2, 0.25) is 0 Å². The summed E-state index contributed by atoms with van der Waals surface area (Å²) in [6.07, 6.45) is 2.84. The molecule has 0 amide bonds. The third-order valence-corrected chi connectivity index (χ3v) is 3.97. The zero-order valence-electron chi connectivity index (χ0n) is 11.5. The zero-order chi connectivity index (χ0) is 13.0. The number of likely N-dealkylation sites (N-methyl/N-ethyl adjacent to an activating group) is 1. The third kappa shape index (κ3) is 3.68. The predicted molar refractivity (Wildman–Crippen MR) is 69.2 cm³/mol. The van der Waals surface area contributed by atoms with Crippen molar-refractivity contribution in [1.29, 1.82) is 0 Å². The number of likely N-dealkylation sites (tertiary alicyclic amines) is 1. The number of carboxylic acid groups (broad SMARTS) is 1. The van der Waals surface area contributed by atoms with Crippen molar-refractivity contribution >= 4 is 5.97 Å². The van der Waals surface area contributed by atoms with Crippen LogP contribution < -0.4 is 0 Å². The summed E-state index contributed by atoms with van der Waals surface area (Å²) in [7, 11) is 1.96. The molecule has 1 unspecified atom stereocenters. The maximum Gasteiger partial charge on any atom is 0.320 e. The van der Waals surface area contributed by atoms with E-state index in [0.717, 1.165) is 25.9 Å². The first-order chi connectivity index (χ1) is 7.97. The van der Waals surface area contributed by atoms with Crippen LogP contribution in [0.3, 0.4) is 0 Å². The molecule has 1 atom stereocenters. The number of aliphatic carboxylic acids is 1. The Morgan fingerprint density at radius 2 is 1.94 bits per heavy atom. The number of hydrogen-bond acceptors (Lipinski definition) is 3. The summed E-state index contributed by atoms with van der Waals surface area (Å²) in [6, 6.07) is 0.694. The SMILES string of the molecule is CCC(C(=O)O)N(C)C1CCN(C(C)C)CC1. The maximum atomic E-state index is 11.1. The molecule has 100 valence electrons. The molecule has 0 spiro atoms. The molecule has 4 nitrogen and oxygen atoms in total. The van der Waals surface area contributed by atoms with Crippen LogP contribution in [0.5, 0.6) is 0 Å². The second kappa shape index (κ2) is 6.36. The Morgan fingerprint density at radius 1 is 1.41 bits per heavy atom. The van der Waals surface area contributed by atoms with E-state index in [9.17, 15) is 4.79 Å². The minimum atomic E-state index is -0.693. The average Bonchev–Trinajstić information content (AvgIpc) is 2.29. The van der Waals surface area contributed by atoms with Gasteiger partial charge >= 0.3 is 5.97 Å². The van der Waals surface area contributed by atoms with E-state index >= 15 is 0 Å². The van der Waals surface area contributed by atoms with E-state index < -0.39 is 5.97 Å². The fourth-order valence-corrected chi connectivity index (χ4v) is 2.70. The van der Waals surface area contributed by atoms with Crippen LogP contribution >= 0.6 is 0 Å². The first kappa shape index (κ1) is 14.5. The third-order valence-electron chi connectivity index (χ3n) is 3.97. The summed E-state index contributed by atoms with van der Waals surface area (Å²) in [5, 5.41) is 9.16. The minimum absolute atomic E-state index is 0.328. The smallest absolute Gasteiger partial charge is 0.320 e. The number of rotatable bonds is 5. The van der Waals surface area contributed by atoms with Gasteiger partial charge in [0, 0.05) is 12.1 Å². The average molecular weight is 242 g/mol. The summed E-state index contributed by atoms with van der Waals surface area (Å²) in [4.78, 5) is 15.7. The van der Waals surface area contributed by atoms with Crippen molar-refractivity contribution in [2.45, 2.75) is 58.2 Å². The monoisotopic (exact) mass is 242 g/mol. The highest BCUT2D eigenvalue weighted by Crippen LogP contribution is 2.20. The Balaban J connectivity index is 2.50. The van der Waals surface area contributed by atoms with Crippen molar-refractivity contribution in [3.05, 3.63) is 0 Å². The van der Waals surface area contributed by atoms with Gasteiger partial charge in [-0.2, -0.15) is 0 Å². The molecule has 17 heavy (non-hydrogen) atoms. The summed E-state index contributed by atoms with van der Waals surface area (Å²) < 4.78 is 0. The molecule has 0 saturated carbocycles. The first-order valence-corrected chi connectivity index (χ1v) is 6.66. The van der Waals surface area contributed by atoms with E-state index in [1.165, 1.54) is 0 Å². The van der Waals surface area contributed by atoms with Crippen LogP contribution in [0.1, 0.15) is 40.0 Å². The fourth-order valence-electron chi connectivity index (χ4n) is 2.70. The van der Waals surface area contributed by atoms with Crippen LogP contribution in [-0.2, 0) is 4.79 Å². The second-order valence-electron chi connectivity index (χ2n) is 5.29. The largest absolute Gasteiger partial charge is 0.480 e. The van der Waals surface area contributed by atoms with E-state index in [0.29, 0.717) is 18.5 Å². The van der Waals surface area contributed by atoms with Gasteiger partial charge in [-0.15, -0.1) is 0 Å². The first-order valence-electron chi connectivity index (χ1n) is 6.66. The van der Waals surface area contributed by atoms with Gasteiger partial charge in [0.2, 0.25) is 0 Å². The molecule has 1 saturated heterocycles. The van der Waals surface area contributed by atoms with Gasteiger partial charge in [0.05, 0.1) is 0 Å². The molecule has 0 aromatic carbocycles. The van der Waals surface area contributed by atoms with Gasteiger partial charge in [-0.3, -0.25) is 9.69 Å². The molecule has 0 aromatic rings. The highest BCUT2D eigenvalue weighted by Gasteiger charge is 2.30. The van der Waals surface area contributed by atoms with Crippen LogP contribution in [0.25, 0.3) is 0 Å². The van der Waals surface area contributed by atoms with Gasteiger partial charge in [-0.25, -0.2) is 0 Å². The lowest BCUT2D eigenvalue weighted by molar-refractivity contribution is -0.144. The maximum absolute atomic E-state index is 11.1. The van der Waals surface area contributed by atoms with E-state index in [4.69, 9.17) is 5.11 Å². The van der Waals surface area contributed by atoms with E-state index in [2.05, 4.69) is 23.6 Å². The molecular weight excluding hydrogens is 216 g/mol. The van der Waals surface area contributed by atoms with E-state index in [1.807, 2.05) is 14.0 Å². The number of nitrogens with zero attached hydrogens (tertiary/aromatic N) is 2. The lowest BCUT2D eigenvalue weighted by atomic mass is 10.00. The summed E-state index contributed by atoms with van der Waals surface area (Å²) in [6.45, 7) is 8.55. The Hall–Kier alpha value is -0.610. The Morgan fingerprint density at radius 3 is 2.29 bits per heavy atom. The Bertz CT molecular complexity index is 248. The van der Waals surface area contributed by atoms with Crippen LogP contribution in [-0.4, -0.2) is 59.1 Å².